The van der Waals surface area contributed by atoms with E-state index in [4.69, 9.17) is 16.3 Å². The van der Waals surface area contributed by atoms with Crippen LogP contribution in [0.4, 0.5) is 0 Å². The van der Waals surface area contributed by atoms with E-state index in [1.165, 1.54) is 5.56 Å². The van der Waals surface area contributed by atoms with E-state index in [0.29, 0.717) is 13.0 Å². The van der Waals surface area contributed by atoms with Crippen LogP contribution in [0.5, 0.6) is 5.75 Å². The molecule has 0 aromatic heterocycles. The Morgan fingerprint density at radius 3 is 2.57 bits per heavy atom. The highest BCUT2D eigenvalue weighted by atomic mass is 35.5. The number of rotatable bonds is 8. The van der Waals surface area contributed by atoms with Gasteiger partial charge in [0, 0.05) is 18.0 Å². The average Bonchev–Trinajstić information content (AvgIpc) is 2.58. The summed E-state index contributed by atoms with van der Waals surface area (Å²) in [5.41, 5.74) is 2.30. The highest BCUT2D eigenvalue weighted by molar-refractivity contribution is 6.30. The molecular weight excluding hydrogens is 310 g/mol. The van der Waals surface area contributed by atoms with Crippen LogP contribution in [0, 0.1) is 0 Å². The van der Waals surface area contributed by atoms with Crippen LogP contribution in [0.1, 0.15) is 24.0 Å². The number of nitrogens with one attached hydrogen (secondary N) is 1. The van der Waals surface area contributed by atoms with Crippen molar-refractivity contribution < 1.29 is 9.53 Å². The molecule has 1 N–H and O–H groups in total. The molecule has 2 rings (SSSR count). The number of ether oxygens (including phenoxy) is 1. The SMILES string of the molecule is COc1ccccc1CCCNC(=O)CCc1ccc(Cl)cc1. The lowest BCUT2D eigenvalue weighted by molar-refractivity contribution is -0.121. The van der Waals surface area contributed by atoms with Crippen molar-refractivity contribution >= 4 is 17.5 Å². The van der Waals surface area contributed by atoms with Crippen molar-refractivity contribution in [2.24, 2.45) is 0 Å². The topological polar surface area (TPSA) is 38.3 Å². The number of halogens is 1. The molecule has 122 valence electrons. The van der Waals surface area contributed by atoms with Crippen LogP contribution in [0.15, 0.2) is 48.5 Å². The van der Waals surface area contributed by atoms with Gasteiger partial charge in [0.1, 0.15) is 5.75 Å². The van der Waals surface area contributed by atoms with E-state index in [-0.39, 0.29) is 5.91 Å². The van der Waals surface area contributed by atoms with Gasteiger partial charge in [0.25, 0.3) is 0 Å². The third-order valence-corrected chi connectivity index (χ3v) is 3.94. The first-order valence-corrected chi connectivity index (χ1v) is 8.20. The Kier molecular flexibility index (Phi) is 6.95. The van der Waals surface area contributed by atoms with E-state index in [9.17, 15) is 4.79 Å². The minimum atomic E-state index is 0.0833. The maximum Gasteiger partial charge on any atom is 0.220 e. The minimum absolute atomic E-state index is 0.0833. The van der Waals surface area contributed by atoms with Crippen LogP contribution in [-0.4, -0.2) is 19.6 Å². The summed E-state index contributed by atoms with van der Waals surface area (Å²) in [6.45, 7) is 0.678. The van der Waals surface area contributed by atoms with Crippen molar-refractivity contribution in [2.75, 3.05) is 13.7 Å². The molecule has 3 nitrogen and oxygen atoms in total. The van der Waals surface area contributed by atoms with E-state index < -0.39 is 0 Å². The molecule has 0 aliphatic rings. The second-order valence-corrected chi connectivity index (χ2v) is 5.83. The third kappa shape index (κ3) is 5.95. The molecule has 4 heteroatoms. The largest absolute Gasteiger partial charge is 0.496 e. The van der Waals surface area contributed by atoms with Crippen LogP contribution in [0.3, 0.4) is 0 Å². The molecule has 2 aromatic carbocycles. The number of hydrogen-bond acceptors (Lipinski definition) is 2. The lowest BCUT2D eigenvalue weighted by atomic mass is 10.1. The Hall–Kier alpha value is -2.00. The molecule has 0 radical (unpaired) electrons. The van der Waals surface area contributed by atoms with E-state index in [1.54, 1.807) is 7.11 Å². The second-order valence-electron chi connectivity index (χ2n) is 5.39. The van der Waals surface area contributed by atoms with Crippen LogP contribution in [0.25, 0.3) is 0 Å². The van der Waals surface area contributed by atoms with Crippen LogP contribution >= 0.6 is 11.6 Å². The predicted octanol–water partition coefficient (Wildman–Crippen LogP) is 4.03. The van der Waals surface area contributed by atoms with Gasteiger partial charge in [0.15, 0.2) is 0 Å². The fourth-order valence-corrected chi connectivity index (χ4v) is 2.54. The third-order valence-electron chi connectivity index (χ3n) is 3.69. The van der Waals surface area contributed by atoms with Crippen molar-refractivity contribution in [2.45, 2.75) is 25.7 Å². The van der Waals surface area contributed by atoms with E-state index in [1.807, 2.05) is 42.5 Å². The second kappa shape index (κ2) is 9.21. The number of carbonyl (C=O) groups excluding carboxylic acids is 1. The monoisotopic (exact) mass is 331 g/mol. The molecule has 23 heavy (non-hydrogen) atoms. The summed E-state index contributed by atoms with van der Waals surface area (Å²) in [6.07, 6.45) is 3.01. The molecule has 0 heterocycles. The Morgan fingerprint density at radius 2 is 1.83 bits per heavy atom. The number of aryl methyl sites for hydroxylation is 2. The molecule has 0 atom stereocenters. The fraction of sp³-hybridized carbons (Fsp3) is 0.316. The summed E-state index contributed by atoms with van der Waals surface area (Å²) < 4.78 is 5.32. The molecule has 0 saturated carbocycles. The number of amides is 1. The highest BCUT2D eigenvalue weighted by Crippen LogP contribution is 2.18. The van der Waals surface area contributed by atoms with E-state index in [2.05, 4.69) is 11.4 Å². The van der Waals surface area contributed by atoms with Gasteiger partial charge in [-0.05, 0) is 48.6 Å². The molecule has 2 aromatic rings. The zero-order chi connectivity index (χ0) is 16.5. The minimum Gasteiger partial charge on any atom is -0.496 e. The standard InChI is InChI=1S/C19H22ClNO2/c1-23-18-7-3-2-5-16(18)6-4-14-21-19(22)13-10-15-8-11-17(20)12-9-15/h2-3,5,7-9,11-12H,4,6,10,13-14H2,1H3,(H,21,22). The van der Waals surface area contributed by atoms with Crippen LogP contribution < -0.4 is 10.1 Å². The molecule has 0 aliphatic heterocycles. The van der Waals surface area contributed by atoms with Gasteiger partial charge in [-0.15, -0.1) is 0 Å². The molecular formula is C19H22ClNO2. The summed E-state index contributed by atoms with van der Waals surface area (Å²) in [6, 6.07) is 15.6. The van der Waals surface area contributed by atoms with Crippen molar-refractivity contribution in [3.05, 3.63) is 64.7 Å². The van der Waals surface area contributed by atoms with Gasteiger partial charge >= 0.3 is 0 Å². The Morgan fingerprint density at radius 1 is 1.09 bits per heavy atom. The average molecular weight is 332 g/mol. The molecule has 0 fully saturated rings. The maximum absolute atomic E-state index is 11.9. The quantitative estimate of drug-likeness (QED) is 0.742. The summed E-state index contributed by atoms with van der Waals surface area (Å²) in [5.74, 6) is 0.988. The summed E-state index contributed by atoms with van der Waals surface area (Å²) in [5, 5.41) is 3.68. The molecule has 0 spiro atoms. The molecule has 0 saturated heterocycles. The number of benzene rings is 2. The van der Waals surface area contributed by atoms with Crippen molar-refractivity contribution in [3.63, 3.8) is 0 Å². The number of para-hydroxylation sites is 1. The summed E-state index contributed by atoms with van der Waals surface area (Å²) in [7, 11) is 1.68. The van der Waals surface area contributed by atoms with Crippen LogP contribution in [0.2, 0.25) is 5.02 Å². The van der Waals surface area contributed by atoms with Gasteiger partial charge in [-0.3, -0.25) is 4.79 Å². The number of hydrogen-bond donors (Lipinski definition) is 1. The van der Waals surface area contributed by atoms with Crippen LogP contribution in [-0.2, 0) is 17.6 Å². The number of carbonyl (C=O) groups is 1. The first kappa shape index (κ1) is 17.4. The van der Waals surface area contributed by atoms with E-state index in [0.717, 1.165) is 35.6 Å². The van der Waals surface area contributed by atoms with Gasteiger partial charge in [0.05, 0.1) is 7.11 Å². The van der Waals surface area contributed by atoms with E-state index >= 15 is 0 Å². The Balaban J connectivity index is 1.66. The first-order valence-electron chi connectivity index (χ1n) is 7.82. The molecule has 0 bridgehead atoms. The molecule has 1 amide bonds. The zero-order valence-electron chi connectivity index (χ0n) is 13.3. The lowest BCUT2D eigenvalue weighted by Gasteiger charge is -2.09. The molecule has 0 aliphatic carbocycles. The van der Waals surface area contributed by atoms with Crippen molar-refractivity contribution in [1.29, 1.82) is 0 Å². The smallest absolute Gasteiger partial charge is 0.220 e. The van der Waals surface area contributed by atoms with Gasteiger partial charge in [-0.2, -0.15) is 0 Å². The van der Waals surface area contributed by atoms with Crippen molar-refractivity contribution in [1.82, 2.24) is 5.32 Å². The zero-order valence-corrected chi connectivity index (χ0v) is 14.1. The summed E-state index contributed by atoms with van der Waals surface area (Å²) in [4.78, 5) is 11.9. The van der Waals surface area contributed by atoms with Gasteiger partial charge in [0.2, 0.25) is 5.91 Å². The van der Waals surface area contributed by atoms with Crippen molar-refractivity contribution in [3.8, 4) is 5.75 Å². The first-order chi connectivity index (χ1) is 11.2. The van der Waals surface area contributed by atoms with Gasteiger partial charge < -0.3 is 10.1 Å². The lowest BCUT2D eigenvalue weighted by Crippen LogP contribution is -2.25. The Labute approximate surface area is 142 Å². The highest BCUT2D eigenvalue weighted by Gasteiger charge is 2.04. The molecule has 0 unspecified atom stereocenters. The van der Waals surface area contributed by atoms with Gasteiger partial charge in [-0.1, -0.05) is 41.9 Å². The summed E-state index contributed by atoms with van der Waals surface area (Å²) >= 11 is 5.84. The maximum atomic E-state index is 11.9. The predicted molar refractivity (Wildman–Crippen MR) is 94.1 cm³/mol. The number of methoxy groups -OCH3 is 1. The Bertz CT molecular complexity index is 626. The fourth-order valence-electron chi connectivity index (χ4n) is 2.41. The normalized spacial score (nSPS) is 10.3. The van der Waals surface area contributed by atoms with Gasteiger partial charge in [-0.25, -0.2) is 0 Å².